The van der Waals surface area contributed by atoms with E-state index in [0.29, 0.717) is 12.5 Å². The maximum Gasteiger partial charge on any atom is 0.223 e. The van der Waals surface area contributed by atoms with E-state index in [0.717, 1.165) is 37.8 Å². The number of nitrogens with one attached hydrogen (secondary N) is 1. The SMILES string of the molecule is Cl.NC[C@H]1CC[C@H](C(=O)NCc2ccccc2)CC1. The van der Waals surface area contributed by atoms with E-state index in [4.69, 9.17) is 5.73 Å². The maximum atomic E-state index is 12.0. The Labute approximate surface area is 121 Å². The molecule has 1 aromatic rings. The third-order valence-corrected chi connectivity index (χ3v) is 3.86. The highest BCUT2D eigenvalue weighted by molar-refractivity contribution is 5.85. The minimum Gasteiger partial charge on any atom is -0.352 e. The van der Waals surface area contributed by atoms with Gasteiger partial charge in [-0.3, -0.25) is 4.79 Å². The van der Waals surface area contributed by atoms with E-state index < -0.39 is 0 Å². The number of halogens is 1. The second-order valence-corrected chi connectivity index (χ2v) is 5.16. The molecule has 3 nitrogen and oxygen atoms in total. The number of nitrogens with two attached hydrogens (primary N) is 1. The van der Waals surface area contributed by atoms with E-state index in [1.807, 2.05) is 30.3 Å². The van der Waals surface area contributed by atoms with Crippen molar-refractivity contribution in [2.75, 3.05) is 6.54 Å². The third kappa shape index (κ3) is 4.84. The molecule has 0 spiro atoms. The summed E-state index contributed by atoms with van der Waals surface area (Å²) in [5.41, 5.74) is 6.81. The van der Waals surface area contributed by atoms with Gasteiger partial charge < -0.3 is 11.1 Å². The van der Waals surface area contributed by atoms with Gasteiger partial charge in [0, 0.05) is 12.5 Å². The molecule has 19 heavy (non-hydrogen) atoms. The monoisotopic (exact) mass is 282 g/mol. The second kappa shape index (κ2) is 8.18. The first-order valence-electron chi connectivity index (χ1n) is 6.81. The van der Waals surface area contributed by atoms with Crippen molar-refractivity contribution < 1.29 is 4.79 Å². The van der Waals surface area contributed by atoms with E-state index in [9.17, 15) is 4.79 Å². The summed E-state index contributed by atoms with van der Waals surface area (Å²) in [6.45, 7) is 1.40. The second-order valence-electron chi connectivity index (χ2n) is 5.16. The van der Waals surface area contributed by atoms with Gasteiger partial charge in [-0.15, -0.1) is 12.4 Å². The van der Waals surface area contributed by atoms with Gasteiger partial charge in [0.15, 0.2) is 0 Å². The zero-order chi connectivity index (χ0) is 12.8. The van der Waals surface area contributed by atoms with Gasteiger partial charge in [0.25, 0.3) is 0 Å². The number of hydrogen-bond acceptors (Lipinski definition) is 2. The smallest absolute Gasteiger partial charge is 0.223 e. The Morgan fingerprint density at radius 1 is 1.16 bits per heavy atom. The molecule has 106 valence electrons. The summed E-state index contributed by atoms with van der Waals surface area (Å²) in [6.07, 6.45) is 4.17. The van der Waals surface area contributed by atoms with Crippen LogP contribution in [0.5, 0.6) is 0 Å². The Morgan fingerprint density at radius 3 is 2.37 bits per heavy atom. The van der Waals surface area contributed by atoms with Crippen LogP contribution in [0.15, 0.2) is 30.3 Å². The molecule has 4 heteroatoms. The Morgan fingerprint density at radius 2 is 1.79 bits per heavy atom. The van der Waals surface area contributed by atoms with Crippen molar-refractivity contribution in [3.8, 4) is 0 Å². The predicted molar refractivity (Wildman–Crippen MR) is 80.0 cm³/mol. The highest BCUT2D eigenvalue weighted by atomic mass is 35.5. The van der Waals surface area contributed by atoms with Crippen LogP contribution < -0.4 is 11.1 Å². The van der Waals surface area contributed by atoms with Gasteiger partial charge in [-0.25, -0.2) is 0 Å². The lowest BCUT2D eigenvalue weighted by Gasteiger charge is -2.26. The summed E-state index contributed by atoms with van der Waals surface area (Å²) in [5, 5.41) is 3.03. The number of benzene rings is 1. The van der Waals surface area contributed by atoms with Crippen LogP contribution in [0.25, 0.3) is 0 Å². The van der Waals surface area contributed by atoms with Gasteiger partial charge in [-0.1, -0.05) is 30.3 Å². The number of carbonyl (C=O) groups is 1. The lowest BCUT2D eigenvalue weighted by Crippen LogP contribution is -2.33. The van der Waals surface area contributed by atoms with Crippen molar-refractivity contribution >= 4 is 18.3 Å². The molecule has 0 saturated heterocycles. The van der Waals surface area contributed by atoms with Crippen LogP contribution in [0.2, 0.25) is 0 Å². The van der Waals surface area contributed by atoms with E-state index in [2.05, 4.69) is 5.32 Å². The Balaban J connectivity index is 0.00000180. The van der Waals surface area contributed by atoms with Crippen LogP contribution in [-0.4, -0.2) is 12.5 Å². The fraction of sp³-hybridized carbons (Fsp3) is 0.533. The molecule has 0 aromatic heterocycles. The standard InChI is InChI=1S/C15H22N2O.ClH/c16-10-12-6-8-14(9-7-12)15(18)17-11-13-4-2-1-3-5-13;/h1-5,12,14H,6-11,16H2,(H,17,18);1H/t12-,14-;. The molecule has 1 saturated carbocycles. The fourth-order valence-corrected chi connectivity index (χ4v) is 2.59. The quantitative estimate of drug-likeness (QED) is 0.891. The van der Waals surface area contributed by atoms with Gasteiger partial charge in [-0.2, -0.15) is 0 Å². The molecular weight excluding hydrogens is 260 g/mol. The Kier molecular flexibility index (Phi) is 6.89. The summed E-state index contributed by atoms with van der Waals surface area (Å²) >= 11 is 0. The molecule has 0 bridgehead atoms. The predicted octanol–water partition coefficient (Wildman–Crippen LogP) is 2.49. The van der Waals surface area contributed by atoms with Crippen LogP contribution >= 0.6 is 12.4 Å². The van der Waals surface area contributed by atoms with Crippen molar-refractivity contribution in [3.05, 3.63) is 35.9 Å². The topological polar surface area (TPSA) is 55.1 Å². The van der Waals surface area contributed by atoms with Gasteiger partial charge in [0.2, 0.25) is 5.91 Å². The largest absolute Gasteiger partial charge is 0.352 e. The van der Waals surface area contributed by atoms with Crippen LogP contribution in [0.4, 0.5) is 0 Å². The molecule has 0 unspecified atom stereocenters. The molecular formula is C15H23ClN2O. The Bertz CT molecular complexity index is 375. The molecule has 0 radical (unpaired) electrons. The lowest BCUT2D eigenvalue weighted by atomic mass is 9.81. The minimum absolute atomic E-state index is 0. The molecule has 1 aliphatic rings. The third-order valence-electron chi connectivity index (χ3n) is 3.86. The summed E-state index contributed by atoms with van der Waals surface area (Å²) < 4.78 is 0. The van der Waals surface area contributed by atoms with Crippen LogP contribution in [0.3, 0.4) is 0 Å². The molecule has 2 rings (SSSR count). The van der Waals surface area contributed by atoms with Crippen molar-refractivity contribution in [3.63, 3.8) is 0 Å². The highest BCUT2D eigenvalue weighted by Gasteiger charge is 2.25. The van der Waals surface area contributed by atoms with Crippen molar-refractivity contribution in [1.82, 2.24) is 5.32 Å². The van der Waals surface area contributed by atoms with Gasteiger partial charge in [0.05, 0.1) is 0 Å². The molecule has 0 aliphatic heterocycles. The van der Waals surface area contributed by atoms with Crippen LogP contribution in [0, 0.1) is 11.8 Å². The number of rotatable bonds is 4. The fourth-order valence-electron chi connectivity index (χ4n) is 2.59. The summed E-state index contributed by atoms with van der Waals surface area (Å²) in [5.74, 6) is 1.02. The minimum atomic E-state index is 0. The van der Waals surface area contributed by atoms with Crippen LogP contribution in [0.1, 0.15) is 31.2 Å². The molecule has 1 aliphatic carbocycles. The molecule has 1 aromatic carbocycles. The number of amides is 1. The lowest BCUT2D eigenvalue weighted by molar-refractivity contribution is -0.126. The average Bonchev–Trinajstić information content (AvgIpc) is 2.46. The van der Waals surface area contributed by atoms with Crippen molar-refractivity contribution in [2.24, 2.45) is 17.6 Å². The number of carbonyl (C=O) groups excluding carboxylic acids is 1. The zero-order valence-electron chi connectivity index (χ0n) is 11.2. The number of hydrogen-bond donors (Lipinski definition) is 2. The molecule has 3 N–H and O–H groups in total. The van der Waals surface area contributed by atoms with E-state index in [1.165, 1.54) is 0 Å². The summed E-state index contributed by atoms with van der Waals surface area (Å²) in [6, 6.07) is 10.0. The first-order chi connectivity index (χ1) is 8.79. The van der Waals surface area contributed by atoms with E-state index in [-0.39, 0.29) is 24.2 Å². The normalized spacial score (nSPS) is 22.4. The first kappa shape index (κ1) is 16.0. The van der Waals surface area contributed by atoms with Crippen LogP contribution in [-0.2, 0) is 11.3 Å². The Hall–Kier alpha value is -1.06. The molecule has 0 atom stereocenters. The average molecular weight is 283 g/mol. The zero-order valence-corrected chi connectivity index (χ0v) is 12.0. The van der Waals surface area contributed by atoms with E-state index in [1.54, 1.807) is 0 Å². The van der Waals surface area contributed by atoms with Gasteiger partial charge in [0.1, 0.15) is 0 Å². The molecule has 0 heterocycles. The maximum absolute atomic E-state index is 12.0. The van der Waals surface area contributed by atoms with E-state index >= 15 is 0 Å². The van der Waals surface area contributed by atoms with Crippen molar-refractivity contribution in [1.29, 1.82) is 0 Å². The van der Waals surface area contributed by atoms with Gasteiger partial charge >= 0.3 is 0 Å². The molecule has 1 amide bonds. The summed E-state index contributed by atoms with van der Waals surface area (Å²) in [4.78, 5) is 12.0. The molecule has 1 fully saturated rings. The highest BCUT2D eigenvalue weighted by Crippen LogP contribution is 2.28. The summed E-state index contributed by atoms with van der Waals surface area (Å²) in [7, 11) is 0. The van der Waals surface area contributed by atoms with Crippen molar-refractivity contribution in [2.45, 2.75) is 32.2 Å². The first-order valence-corrected chi connectivity index (χ1v) is 6.81. The van der Waals surface area contributed by atoms with Gasteiger partial charge in [-0.05, 0) is 43.7 Å².